The molecule has 2 aliphatic heterocycles. The molecule has 1 fully saturated rings. The summed E-state index contributed by atoms with van der Waals surface area (Å²) in [5.41, 5.74) is 2.78. The first-order chi connectivity index (χ1) is 13.2. The molecule has 2 aromatic heterocycles. The molecule has 0 spiro atoms. The minimum absolute atomic E-state index is 0.121. The predicted octanol–water partition coefficient (Wildman–Crippen LogP) is 3.17. The van der Waals surface area contributed by atoms with Crippen LogP contribution in [0.1, 0.15) is 28.9 Å². The Morgan fingerprint density at radius 2 is 1.70 bits per heavy atom. The number of carbonyl (C=O) groups excluding carboxylic acids is 1. The molecule has 0 bridgehead atoms. The molecule has 0 N–H and O–H groups in total. The number of halogens is 1. The van der Waals surface area contributed by atoms with Crippen molar-refractivity contribution in [1.29, 1.82) is 0 Å². The van der Waals surface area contributed by atoms with Gasteiger partial charge in [-0.3, -0.25) is 4.79 Å². The van der Waals surface area contributed by atoms with Crippen molar-refractivity contribution in [2.24, 2.45) is 0 Å². The van der Waals surface area contributed by atoms with E-state index in [2.05, 4.69) is 15.0 Å². The molecule has 1 saturated heterocycles. The molecule has 5 rings (SSSR count). The first kappa shape index (κ1) is 16.0. The van der Waals surface area contributed by atoms with Crippen molar-refractivity contribution in [3.63, 3.8) is 0 Å². The molecule has 6 nitrogen and oxygen atoms in total. The Balaban J connectivity index is 1.38. The zero-order valence-corrected chi connectivity index (χ0v) is 14.7. The molecular formula is C20H18FN5O. The van der Waals surface area contributed by atoms with E-state index in [1.807, 2.05) is 12.1 Å². The van der Waals surface area contributed by atoms with E-state index in [1.54, 1.807) is 34.1 Å². The normalized spacial score (nSPS) is 16.3. The molecule has 0 atom stereocenters. The SMILES string of the molecule is O=C1c2cn(-c3ccc(N4CCCC4)nc3)nc2CN1c1ccc(F)cc1. The van der Waals surface area contributed by atoms with E-state index in [4.69, 9.17) is 0 Å². The highest BCUT2D eigenvalue weighted by Gasteiger charge is 2.32. The Bertz CT molecular complexity index is 990. The molecule has 136 valence electrons. The highest BCUT2D eigenvalue weighted by Crippen LogP contribution is 2.28. The van der Waals surface area contributed by atoms with E-state index >= 15 is 0 Å². The number of nitrogens with zero attached hydrogens (tertiary/aromatic N) is 5. The van der Waals surface area contributed by atoms with Crippen LogP contribution in [0, 0.1) is 5.82 Å². The fourth-order valence-electron chi connectivity index (χ4n) is 3.68. The standard InChI is InChI=1S/C20H18FN5O/c21-14-3-5-15(6-4-14)25-13-18-17(20(25)27)12-26(23-18)16-7-8-19(22-11-16)24-9-1-2-10-24/h3-8,11-12H,1-2,9-10,13H2. The molecule has 3 aromatic rings. The van der Waals surface area contributed by atoms with Crippen LogP contribution in [-0.4, -0.2) is 33.8 Å². The maximum absolute atomic E-state index is 13.1. The molecule has 7 heteroatoms. The second-order valence-corrected chi connectivity index (χ2v) is 6.87. The zero-order valence-electron chi connectivity index (χ0n) is 14.7. The van der Waals surface area contributed by atoms with Crippen molar-refractivity contribution in [1.82, 2.24) is 14.8 Å². The number of anilines is 2. The smallest absolute Gasteiger partial charge is 0.262 e. The maximum atomic E-state index is 13.1. The van der Waals surface area contributed by atoms with Crippen LogP contribution in [0.25, 0.3) is 5.69 Å². The first-order valence-electron chi connectivity index (χ1n) is 9.06. The van der Waals surface area contributed by atoms with Crippen LogP contribution in [-0.2, 0) is 6.54 Å². The van der Waals surface area contributed by atoms with E-state index in [0.29, 0.717) is 23.5 Å². The second-order valence-electron chi connectivity index (χ2n) is 6.87. The van der Waals surface area contributed by atoms with Crippen LogP contribution in [0.2, 0.25) is 0 Å². The second kappa shape index (κ2) is 6.19. The van der Waals surface area contributed by atoms with Crippen molar-refractivity contribution >= 4 is 17.4 Å². The molecule has 4 heterocycles. The lowest BCUT2D eigenvalue weighted by molar-refractivity contribution is 0.0996. The number of aromatic nitrogens is 3. The predicted molar refractivity (Wildman–Crippen MR) is 99.7 cm³/mol. The summed E-state index contributed by atoms with van der Waals surface area (Å²) in [6, 6.07) is 9.90. The lowest BCUT2D eigenvalue weighted by atomic mass is 10.3. The van der Waals surface area contributed by atoms with Gasteiger partial charge >= 0.3 is 0 Å². The first-order valence-corrected chi connectivity index (χ1v) is 9.06. The van der Waals surface area contributed by atoms with Gasteiger partial charge in [0.05, 0.1) is 29.7 Å². The van der Waals surface area contributed by atoms with Crippen molar-refractivity contribution in [3.8, 4) is 5.69 Å². The van der Waals surface area contributed by atoms with Gasteiger partial charge in [0.15, 0.2) is 0 Å². The lowest BCUT2D eigenvalue weighted by Gasteiger charge is -2.17. The molecule has 1 amide bonds. The van der Waals surface area contributed by atoms with E-state index < -0.39 is 0 Å². The molecule has 0 saturated carbocycles. The average Bonchev–Trinajstić information content (AvgIpc) is 3.41. The summed E-state index contributed by atoms with van der Waals surface area (Å²) in [4.78, 5) is 21.1. The highest BCUT2D eigenvalue weighted by molar-refractivity contribution is 6.09. The number of fused-ring (bicyclic) bond motifs is 1. The fraction of sp³-hybridized carbons (Fsp3) is 0.250. The van der Waals surface area contributed by atoms with Crippen LogP contribution in [0.15, 0.2) is 48.8 Å². The Kier molecular flexibility index (Phi) is 3.67. The van der Waals surface area contributed by atoms with E-state index in [0.717, 1.165) is 24.6 Å². The Morgan fingerprint density at radius 1 is 0.963 bits per heavy atom. The summed E-state index contributed by atoms with van der Waals surface area (Å²) in [5.74, 6) is 0.539. The Labute approximate surface area is 155 Å². The van der Waals surface area contributed by atoms with Gasteiger partial charge in [-0.05, 0) is 49.2 Å². The Morgan fingerprint density at radius 3 is 2.37 bits per heavy atom. The van der Waals surface area contributed by atoms with Gasteiger partial charge in [-0.15, -0.1) is 0 Å². The van der Waals surface area contributed by atoms with Gasteiger partial charge in [0.25, 0.3) is 5.91 Å². The van der Waals surface area contributed by atoms with Crippen LogP contribution in [0.3, 0.4) is 0 Å². The molecular weight excluding hydrogens is 345 g/mol. The van der Waals surface area contributed by atoms with Crippen molar-refractivity contribution < 1.29 is 9.18 Å². The third-order valence-electron chi connectivity index (χ3n) is 5.14. The van der Waals surface area contributed by atoms with Gasteiger partial charge in [0.2, 0.25) is 0 Å². The maximum Gasteiger partial charge on any atom is 0.262 e. The molecule has 27 heavy (non-hydrogen) atoms. The number of carbonyl (C=O) groups is 1. The van der Waals surface area contributed by atoms with E-state index in [1.165, 1.54) is 25.0 Å². The summed E-state index contributed by atoms with van der Waals surface area (Å²) in [6.07, 6.45) is 5.95. The van der Waals surface area contributed by atoms with Gasteiger partial charge < -0.3 is 9.80 Å². The van der Waals surface area contributed by atoms with Gasteiger partial charge in [0, 0.05) is 25.0 Å². The third kappa shape index (κ3) is 2.75. The number of benzene rings is 1. The lowest BCUT2D eigenvalue weighted by Crippen LogP contribution is -2.23. The van der Waals surface area contributed by atoms with Crippen LogP contribution in [0.4, 0.5) is 15.9 Å². The van der Waals surface area contributed by atoms with Gasteiger partial charge in [-0.1, -0.05) is 0 Å². The molecule has 0 radical (unpaired) electrons. The van der Waals surface area contributed by atoms with Crippen LogP contribution < -0.4 is 9.80 Å². The summed E-state index contributed by atoms with van der Waals surface area (Å²) in [7, 11) is 0. The van der Waals surface area contributed by atoms with Crippen LogP contribution in [0.5, 0.6) is 0 Å². The summed E-state index contributed by atoms with van der Waals surface area (Å²) >= 11 is 0. The molecule has 0 aliphatic carbocycles. The molecule has 2 aliphatic rings. The Hall–Kier alpha value is -3.22. The van der Waals surface area contributed by atoms with Gasteiger partial charge in [-0.25, -0.2) is 14.1 Å². The van der Waals surface area contributed by atoms with E-state index in [9.17, 15) is 9.18 Å². The fourth-order valence-corrected chi connectivity index (χ4v) is 3.68. The number of hydrogen-bond donors (Lipinski definition) is 0. The summed E-state index contributed by atoms with van der Waals surface area (Å²) in [6.45, 7) is 2.48. The van der Waals surface area contributed by atoms with Crippen molar-refractivity contribution in [2.75, 3.05) is 22.9 Å². The topological polar surface area (TPSA) is 54.3 Å². The van der Waals surface area contributed by atoms with Crippen molar-refractivity contribution in [2.45, 2.75) is 19.4 Å². The molecule has 0 unspecified atom stereocenters. The van der Waals surface area contributed by atoms with Crippen LogP contribution >= 0.6 is 0 Å². The quantitative estimate of drug-likeness (QED) is 0.717. The van der Waals surface area contributed by atoms with Gasteiger partial charge in [0.1, 0.15) is 11.6 Å². The number of rotatable bonds is 3. The highest BCUT2D eigenvalue weighted by atomic mass is 19.1. The van der Waals surface area contributed by atoms with Crippen molar-refractivity contribution in [3.05, 3.63) is 65.9 Å². The van der Waals surface area contributed by atoms with E-state index in [-0.39, 0.29) is 11.7 Å². The van der Waals surface area contributed by atoms with Gasteiger partial charge in [-0.2, -0.15) is 5.10 Å². The monoisotopic (exact) mass is 363 g/mol. The minimum atomic E-state index is -0.321. The average molecular weight is 363 g/mol. The summed E-state index contributed by atoms with van der Waals surface area (Å²) < 4.78 is 14.8. The largest absolute Gasteiger partial charge is 0.357 e. The third-order valence-corrected chi connectivity index (χ3v) is 5.14. The summed E-state index contributed by atoms with van der Waals surface area (Å²) in [5, 5.41) is 4.56. The zero-order chi connectivity index (χ0) is 18.4. The minimum Gasteiger partial charge on any atom is -0.357 e. The number of amides is 1. The number of pyridine rings is 1. The molecule has 1 aromatic carbocycles. The number of hydrogen-bond acceptors (Lipinski definition) is 4.